The maximum Gasteiger partial charge on any atom is 0.226 e. The first-order chi connectivity index (χ1) is 13.2. The molecule has 1 saturated carbocycles. The third-order valence-electron chi connectivity index (χ3n) is 5.86. The number of carbonyl (C=O) groups is 2. The smallest absolute Gasteiger partial charge is 0.226 e. The minimum atomic E-state index is -0.105. The molecule has 3 unspecified atom stereocenters. The van der Waals surface area contributed by atoms with E-state index in [0.717, 1.165) is 25.8 Å². The molecule has 2 aromatic carbocycles. The van der Waals surface area contributed by atoms with E-state index in [1.165, 1.54) is 16.3 Å². The molecule has 0 aromatic heterocycles. The number of likely N-dealkylation sites (tertiary alicyclic amines) is 1. The fourth-order valence-electron chi connectivity index (χ4n) is 4.24. The second-order valence-electron chi connectivity index (χ2n) is 7.76. The van der Waals surface area contributed by atoms with Crippen molar-refractivity contribution in [1.29, 1.82) is 0 Å². The zero-order valence-corrected chi connectivity index (χ0v) is 16.8. The van der Waals surface area contributed by atoms with Gasteiger partial charge in [-0.3, -0.25) is 9.59 Å². The third-order valence-corrected chi connectivity index (χ3v) is 5.86. The number of halogens is 1. The second kappa shape index (κ2) is 8.93. The average molecular weight is 402 g/mol. The van der Waals surface area contributed by atoms with Gasteiger partial charge in [0.1, 0.15) is 0 Å². The van der Waals surface area contributed by atoms with E-state index in [9.17, 15) is 9.59 Å². The molecule has 2 aliphatic rings. The van der Waals surface area contributed by atoms with Crippen LogP contribution in [0.2, 0.25) is 0 Å². The minimum Gasteiger partial charge on any atom is -0.355 e. The lowest BCUT2D eigenvalue weighted by molar-refractivity contribution is -0.136. The quantitative estimate of drug-likeness (QED) is 0.808. The molecule has 3 N–H and O–H groups in total. The number of nitrogens with two attached hydrogens (primary N) is 1. The normalized spacial score (nSPS) is 23.8. The molecule has 150 valence electrons. The summed E-state index contributed by atoms with van der Waals surface area (Å²) in [5, 5.41) is 5.31. The fourth-order valence-corrected chi connectivity index (χ4v) is 4.24. The summed E-state index contributed by atoms with van der Waals surface area (Å²) in [4.78, 5) is 27.1. The van der Waals surface area contributed by atoms with E-state index in [2.05, 4.69) is 35.6 Å². The number of amides is 2. The molecule has 1 heterocycles. The Morgan fingerprint density at radius 3 is 2.71 bits per heavy atom. The zero-order valence-electron chi connectivity index (χ0n) is 16.0. The Labute approximate surface area is 172 Å². The molecule has 1 aliphatic carbocycles. The summed E-state index contributed by atoms with van der Waals surface area (Å²) < 4.78 is 0. The van der Waals surface area contributed by atoms with Gasteiger partial charge in [0, 0.05) is 32.1 Å². The van der Waals surface area contributed by atoms with Crippen molar-refractivity contribution in [2.75, 3.05) is 26.2 Å². The largest absolute Gasteiger partial charge is 0.355 e. The summed E-state index contributed by atoms with van der Waals surface area (Å²) in [6.45, 7) is 2.24. The van der Waals surface area contributed by atoms with Gasteiger partial charge in [-0.25, -0.2) is 0 Å². The number of rotatable bonds is 5. The number of nitrogens with one attached hydrogen (secondary N) is 1. The first-order valence-corrected chi connectivity index (χ1v) is 9.92. The third kappa shape index (κ3) is 4.31. The van der Waals surface area contributed by atoms with E-state index in [0.29, 0.717) is 25.6 Å². The van der Waals surface area contributed by atoms with E-state index in [1.807, 2.05) is 17.0 Å². The number of fused-ring (bicyclic) bond motifs is 1. The first-order valence-electron chi connectivity index (χ1n) is 9.92. The molecule has 6 heteroatoms. The number of carbonyl (C=O) groups excluding carboxylic acids is 2. The van der Waals surface area contributed by atoms with Gasteiger partial charge >= 0.3 is 0 Å². The Bertz CT molecular complexity index is 857. The Kier molecular flexibility index (Phi) is 6.57. The predicted molar refractivity (Wildman–Crippen MR) is 113 cm³/mol. The van der Waals surface area contributed by atoms with Crippen LogP contribution in [0.4, 0.5) is 0 Å². The van der Waals surface area contributed by atoms with Crippen LogP contribution in [0.15, 0.2) is 42.5 Å². The van der Waals surface area contributed by atoms with Crippen molar-refractivity contribution >= 4 is 35.0 Å². The number of piperidine rings is 1. The number of hydrogen-bond donors (Lipinski definition) is 2. The molecule has 4 rings (SSSR count). The van der Waals surface area contributed by atoms with Crippen LogP contribution in [-0.2, 0) is 9.59 Å². The van der Waals surface area contributed by atoms with Crippen molar-refractivity contribution in [2.24, 2.45) is 17.6 Å². The fraction of sp³-hybridized carbons (Fsp3) is 0.455. The molecule has 0 spiro atoms. The monoisotopic (exact) mass is 401 g/mol. The van der Waals surface area contributed by atoms with Gasteiger partial charge in [-0.15, -0.1) is 12.4 Å². The predicted octanol–water partition coefficient (Wildman–Crippen LogP) is 2.68. The summed E-state index contributed by atoms with van der Waals surface area (Å²) >= 11 is 0. The van der Waals surface area contributed by atoms with Gasteiger partial charge in [-0.05, 0) is 41.5 Å². The molecule has 2 fully saturated rings. The summed E-state index contributed by atoms with van der Waals surface area (Å²) in [6, 6.07) is 14.8. The summed E-state index contributed by atoms with van der Waals surface area (Å²) in [6.07, 6.45) is 2.65. The summed E-state index contributed by atoms with van der Waals surface area (Å²) in [5.74, 6) is 0.516. The molecule has 5 nitrogen and oxygen atoms in total. The molecule has 1 aliphatic heterocycles. The van der Waals surface area contributed by atoms with E-state index < -0.39 is 0 Å². The van der Waals surface area contributed by atoms with Crippen LogP contribution in [0.5, 0.6) is 0 Å². The van der Waals surface area contributed by atoms with Crippen molar-refractivity contribution < 1.29 is 9.59 Å². The Balaban J connectivity index is 0.00000225. The van der Waals surface area contributed by atoms with E-state index in [-0.39, 0.29) is 36.1 Å². The number of hydrogen-bond acceptors (Lipinski definition) is 3. The van der Waals surface area contributed by atoms with Crippen LogP contribution in [0.3, 0.4) is 0 Å². The van der Waals surface area contributed by atoms with Gasteiger partial charge < -0.3 is 16.0 Å². The Morgan fingerprint density at radius 1 is 1.14 bits per heavy atom. The molecule has 3 atom stereocenters. The summed E-state index contributed by atoms with van der Waals surface area (Å²) in [7, 11) is 0. The van der Waals surface area contributed by atoms with Gasteiger partial charge in [0.05, 0.1) is 5.92 Å². The summed E-state index contributed by atoms with van der Waals surface area (Å²) in [5.41, 5.74) is 6.71. The highest BCUT2D eigenvalue weighted by molar-refractivity contribution is 5.87. The molecular formula is C22H28ClN3O2. The average Bonchev–Trinajstić information content (AvgIpc) is 3.52. The lowest BCUT2D eigenvalue weighted by Crippen LogP contribution is -2.46. The molecule has 0 bridgehead atoms. The van der Waals surface area contributed by atoms with Crippen molar-refractivity contribution in [2.45, 2.75) is 25.2 Å². The van der Waals surface area contributed by atoms with E-state index in [1.54, 1.807) is 0 Å². The highest BCUT2D eigenvalue weighted by Crippen LogP contribution is 2.49. The molecule has 28 heavy (non-hydrogen) atoms. The maximum absolute atomic E-state index is 13.0. The van der Waals surface area contributed by atoms with Crippen molar-refractivity contribution in [3.8, 4) is 0 Å². The van der Waals surface area contributed by atoms with Gasteiger partial charge in [-0.2, -0.15) is 0 Å². The minimum absolute atomic E-state index is 0. The molecule has 2 amide bonds. The van der Waals surface area contributed by atoms with E-state index in [4.69, 9.17) is 5.73 Å². The van der Waals surface area contributed by atoms with Crippen LogP contribution in [0.25, 0.3) is 10.8 Å². The highest BCUT2D eigenvalue weighted by Gasteiger charge is 2.46. The SMILES string of the molecule is Cl.NCCNC(=O)C1CCCN(C(=O)C2CC2c2ccc3ccccc3c2)C1. The topological polar surface area (TPSA) is 75.4 Å². The van der Waals surface area contributed by atoms with Crippen LogP contribution < -0.4 is 11.1 Å². The standard InChI is InChI=1S/C22H27N3O2.ClH/c23-9-10-24-21(26)18-6-3-11-25(14-18)22(27)20-13-19(20)17-8-7-15-4-1-2-5-16(15)12-17;/h1-2,4-5,7-8,12,18-20H,3,6,9-11,13-14,23H2,(H,24,26);1H. The zero-order chi connectivity index (χ0) is 18.8. The van der Waals surface area contributed by atoms with Gasteiger partial charge in [-0.1, -0.05) is 42.5 Å². The lowest BCUT2D eigenvalue weighted by atomic mass is 9.96. The van der Waals surface area contributed by atoms with Gasteiger partial charge in [0.2, 0.25) is 11.8 Å². The molecule has 0 radical (unpaired) electrons. The highest BCUT2D eigenvalue weighted by atomic mass is 35.5. The first kappa shape index (κ1) is 20.6. The second-order valence-corrected chi connectivity index (χ2v) is 7.76. The Morgan fingerprint density at radius 2 is 1.93 bits per heavy atom. The maximum atomic E-state index is 13.0. The Hall–Kier alpha value is -2.11. The van der Waals surface area contributed by atoms with Crippen LogP contribution in [-0.4, -0.2) is 42.9 Å². The van der Waals surface area contributed by atoms with E-state index >= 15 is 0 Å². The van der Waals surface area contributed by atoms with Crippen LogP contribution >= 0.6 is 12.4 Å². The molecule has 2 aromatic rings. The van der Waals surface area contributed by atoms with Gasteiger partial charge in [0.15, 0.2) is 0 Å². The lowest BCUT2D eigenvalue weighted by Gasteiger charge is -2.32. The van der Waals surface area contributed by atoms with Crippen molar-refractivity contribution in [1.82, 2.24) is 10.2 Å². The molecular weight excluding hydrogens is 374 g/mol. The number of benzene rings is 2. The number of nitrogens with zero attached hydrogens (tertiary/aromatic N) is 1. The van der Waals surface area contributed by atoms with Crippen molar-refractivity contribution in [3.63, 3.8) is 0 Å². The van der Waals surface area contributed by atoms with Crippen molar-refractivity contribution in [3.05, 3.63) is 48.0 Å². The molecule has 1 saturated heterocycles. The van der Waals surface area contributed by atoms with Crippen LogP contribution in [0, 0.1) is 11.8 Å². The van der Waals surface area contributed by atoms with Gasteiger partial charge in [0.25, 0.3) is 0 Å². The van der Waals surface area contributed by atoms with Crippen LogP contribution in [0.1, 0.15) is 30.7 Å².